The van der Waals surface area contributed by atoms with Crippen LogP contribution in [0.3, 0.4) is 0 Å². The van der Waals surface area contributed by atoms with Gasteiger partial charge in [-0.1, -0.05) is 31.3 Å². The van der Waals surface area contributed by atoms with E-state index in [0.717, 1.165) is 17.1 Å². The summed E-state index contributed by atoms with van der Waals surface area (Å²) in [5.41, 5.74) is 1.10. The third-order valence-electron chi connectivity index (χ3n) is 1.93. The molecule has 1 aromatic rings. The van der Waals surface area contributed by atoms with Crippen LogP contribution in [0, 0.1) is 0 Å². The molecule has 0 aliphatic rings. The molecule has 0 aromatic heterocycles. The summed E-state index contributed by atoms with van der Waals surface area (Å²) >= 11 is 7.12. The van der Waals surface area contributed by atoms with Crippen LogP contribution in [0.2, 0.25) is 0 Å². The number of hydrogen-bond acceptors (Lipinski definition) is 2. The molecule has 0 saturated carbocycles. The number of benzene rings is 1. The SMILES string of the molecule is CCCSc1ccc(C(=S)NCC)cc1. The van der Waals surface area contributed by atoms with Crippen molar-refractivity contribution in [2.45, 2.75) is 25.2 Å². The maximum absolute atomic E-state index is 5.23. The monoisotopic (exact) mass is 239 g/mol. The van der Waals surface area contributed by atoms with Gasteiger partial charge in [0.2, 0.25) is 0 Å². The van der Waals surface area contributed by atoms with Crippen LogP contribution < -0.4 is 5.32 Å². The predicted molar refractivity (Wildman–Crippen MR) is 72.8 cm³/mol. The molecule has 0 radical (unpaired) electrons. The van der Waals surface area contributed by atoms with Gasteiger partial charge < -0.3 is 5.32 Å². The molecule has 1 nitrogen and oxygen atoms in total. The fraction of sp³-hybridized carbons (Fsp3) is 0.417. The first kappa shape index (κ1) is 12.5. The molecule has 15 heavy (non-hydrogen) atoms. The number of nitrogens with one attached hydrogen (secondary N) is 1. The molecule has 1 aromatic carbocycles. The Morgan fingerprint density at radius 3 is 2.47 bits per heavy atom. The number of thiocarbonyl (C=S) groups is 1. The van der Waals surface area contributed by atoms with E-state index in [2.05, 4.69) is 43.4 Å². The Balaban J connectivity index is 2.59. The molecular weight excluding hydrogens is 222 g/mol. The van der Waals surface area contributed by atoms with Gasteiger partial charge in [-0.05, 0) is 31.2 Å². The second kappa shape index (κ2) is 6.85. The molecule has 0 fully saturated rings. The first-order chi connectivity index (χ1) is 7.27. The molecule has 0 spiro atoms. The quantitative estimate of drug-likeness (QED) is 0.624. The predicted octanol–water partition coefficient (Wildman–Crippen LogP) is 3.47. The summed E-state index contributed by atoms with van der Waals surface area (Å²) < 4.78 is 0. The van der Waals surface area contributed by atoms with Crippen LogP contribution in [-0.4, -0.2) is 17.3 Å². The Hall–Kier alpha value is -0.540. The van der Waals surface area contributed by atoms with Crippen LogP contribution in [0.5, 0.6) is 0 Å². The second-order valence-corrected chi connectivity index (χ2v) is 4.81. The van der Waals surface area contributed by atoms with Crippen LogP contribution in [-0.2, 0) is 0 Å². The average molecular weight is 239 g/mol. The Morgan fingerprint density at radius 1 is 1.27 bits per heavy atom. The first-order valence-electron chi connectivity index (χ1n) is 5.29. The molecule has 1 rings (SSSR count). The molecule has 0 amide bonds. The van der Waals surface area contributed by atoms with Crippen LogP contribution in [0.15, 0.2) is 29.2 Å². The van der Waals surface area contributed by atoms with Gasteiger partial charge in [0.25, 0.3) is 0 Å². The summed E-state index contributed by atoms with van der Waals surface area (Å²) in [6.45, 7) is 5.13. The largest absolute Gasteiger partial charge is 0.376 e. The minimum absolute atomic E-state index is 0.838. The van der Waals surface area contributed by atoms with Crippen molar-refractivity contribution in [2.24, 2.45) is 0 Å². The van der Waals surface area contributed by atoms with Gasteiger partial charge in [0.15, 0.2) is 0 Å². The van der Waals surface area contributed by atoms with Gasteiger partial charge in [-0.15, -0.1) is 11.8 Å². The van der Waals surface area contributed by atoms with Gasteiger partial charge in [-0.25, -0.2) is 0 Å². The topological polar surface area (TPSA) is 12.0 Å². The molecule has 0 heterocycles. The molecule has 0 aliphatic heterocycles. The average Bonchev–Trinajstić information content (AvgIpc) is 2.27. The summed E-state index contributed by atoms with van der Waals surface area (Å²) in [4.78, 5) is 2.16. The molecular formula is C12H17NS2. The van der Waals surface area contributed by atoms with E-state index >= 15 is 0 Å². The summed E-state index contributed by atoms with van der Waals surface area (Å²) in [7, 11) is 0. The van der Waals surface area contributed by atoms with Gasteiger partial charge in [-0.3, -0.25) is 0 Å². The molecule has 3 heteroatoms. The second-order valence-electron chi connectivity index (χ2n) is 3.23. The maximum atomic E-state index is 5.23. The van der Waals surface area contributed by atoms with Gasteiger partial charge in [0.05, 0.1) is 0 Å². The van der Waals surface area contributed by atoms with E-state index in [-0.39, 0.29) is 0 Å². The fourth-order valence-electron chi connectivity index (χ4n) is 1.19. The van der Waals surface area contributed by atoms with Crippen molar-refractivity contribution in [3.63, 3.8) is 0 Å². The van der Waals surface area contributed by atoms with Crippen molar-refractivity contribution >= 4 is 29.0 Å². The fourth-order valence-corrected chi connectivity index (χ4v) is 2.23. The van der Waals surface area contributed by atoms with Gasteiger partial charge in [0.1, 0.15) is 4.99 Å². The molecule has 0 saturated heterocycles. The van der Waals surface area contributed by atoms with Crippen molar-refractivity contribution in [2.75, 3.05) is 12.3 Å². The van der Waals surface area contributed by atoms with E-state index in [1.165, 1.54) is 17.1 Å². The van der Waals surface area contributed by atoms with E-state index < -0.39 is 0 Å². The van der Waals surface area contributed by atoms with Gasteiger partial charge in [-0.2, -0.15) is 0 Å². The third kappa shape index (κ3) is 4.22. The summed E-state index contributed by atoms with van der Waals surface area (Å²) in [6, 6.07) is 8.45. The zero-order chi connectivity index (χ0) is 11.1. The lowest BCUT2D eigenvalue weighted by Gasteiger charge is -2.06. The van der Waals surface area contributed by atoms with E-state index in [1.54, 1.807) is 0 Å². The Morgan fingerprint density at radius 2 is 1.93 bits per heavy atom. The molecule has 0 aliphatic carbocycles. The summed E-state index contributed by atoms with van der Waals surface area (Å²) in [6.07, 6.45) is 1.21. The first-order valence-corrected chi connectivity index (χ1v) is 6.68. The normalized spacial score (nSPS) is 10.0. The van der Waals surface area contributed by atoms with E-state index in [1.807, 2.05) is 11.8 Å². The summed E-state index contributed by atoms with van der Waals surface area (Å²) in [5.74, 6) is 1.18. The van der Waals surface area contributed by atoms with Crippen molar-refractivity contribution in [1.29, 1.82) is 0 Å². The van der Waals surface area contributed by atoms with Gasteiger partial charge >= 0.3 is 0 Å². The van der Waals surface area contributed by atoms with Crippen molar-refractivity contribution < 1.29 is 0 Å². The van der Waals surface area contributed by atoms with Crippen LogP contribution in [0.25, 0.3) is 0 Å². The smallest absolute Gasteiger partial charge is 0.106 e. The number of rotatable bonds is 5. The minimum Gasteiger partial charge on any atom is -0.376 e. The third-order valence-corrected chi connectivity index (χ3v) is 3.52. The van der Waals surface area contributed by atoms with E-state index in [4.69, 9.17) is 12.2 Å². The minimum atomic E-state index is 0.838. The van der Waals surface area contributed by atoms with Gasteiger partial charge in [0, 0.05) is 17.0 Å². The Bertz CT molecular complexity index is 306. The van der Waals surface area contributed by atoms with E-state index in [0.29, 0.717) is 0 Å². The van der Waals surface area contributed by atoms with Crippen LogP contribution in [0.1, 0.15) is 25.8 Å². The zero-order valence-electron chi connectivity index (χ0n) is 9.25. The number of thioether (sulfide) groups is 1. The lowest BCUT2D eigenvalue weighted by molar-refractivity contribution is 0.982. The lowest BCUT2D eigenvalue weighted by atomic mass is 10.2. The molecule has 82 valence electrons. The molecule has 0 unspecified atom stereocenters. The maximum Gasteiger partial charge on any atom is 0.106 e. The highest BCUT2D eigenvalue weighted by molar-refractivity contribution is 7.99. The molecule has 0 bridgehead atoms. The van der Waals surface area contributed by atoms with Crippen molar-refractivity contribution in [1.82, 2.24) is 5.32 Å². The highest BCUT2D eigenvalue weighted by Crippen LogP contribution is 2.19. The molecule has 0 atom stereocenters. The van der Waals surface area contributed by atoms with Crippen LogP contribution in [0.4, 0.5) is 0 Å². The van der Waals surface area contributed by atoms with Crippen molar-refractivity contribution in [3.05, 3.63) is 29.8 Å². The standard InChI is InChI=1S/C12H17NS2/c1-3-9-15-11-7-5-10(6-8-11)12(14)13-4-2/h5-8H,3-4,9H2,1-2H3,(H,13,14). The highest BCUT2D eigenvalue weighted by atomic mass is 32.2. The number of hydrogen-bond donors (Lipinski definition) is 1. The van der Waals surface area contributed by atoms with E-state index in [9.17, 15) is 0 Å². The summed E-state index contributed by atoms with van der Waals surface area (Å²) in [5, 5.41) is 3.15. The lowest BCUT2D eigenvalue weighted by Crippen LogP contribution is -2.21. The Labute approximate surface area is 102 Å². The van der Waals surface area contributed by atoms with Crippen molar-refractivity contribution in [3.8, 4) is 0 Å². The zero-order valence-corrected chi connectivity index (χ0v) is 10.9. The molecule has 1 N–H and O–H groups in total. The Kier molecular flexibility index (Phi) is 5.73. The highest BCUT2D eigenvalue weighted by Gasteiger charge is 1.99. The van der Waals surface area contributed by atoms with Crippen LogP contribution >= 0.6 is 24.0 Å².